The van der Waals surface area contributed by atoms with Crippen LogP contribution < -0.4 is 4.74 Å². The molecule has 0 spiro atoms. The number of hydrogen-bond donors (Lipinski definition) is 1. The average Bonchev–Trinajstić information content (AvgIpc) is 2.26. The standard InChI is InChI=1S/C14H21FO2/c1-4-5-10(2)9-17-14-8-12(15)6-7-13(14)11(3)16/h6-8,10-11,16H,4-5,9H2,1-3H3/t10?,11-/m1/s1. The maximum Gasteiger partial charge on any atom is 0.128 e. The van der Waals surface area contributed by atoms with Crippen LogP contribution in [0.5, 0.6) is 5.75 Å². The smallest absolute Gasteiger partial charge is 0.128 e. The summed E-state index contributed by atoms with van der Waals surface area (Å²) in [4.78, 5) is 0. The Kier molecular flexibility index (Phi) is 5.42. The highest BCUT2D eigenvalue weighted by atomic mass is 19.1. The molecule has 96 valence electrons. The molecule has 0 saturated carbocycles. The van der Waals surface area contributed by atoms with Crippen molar-refractivity contribution in [3.05, 3.63) is 29.6 Å². The van der Waals surface area contributed by atoms with Gasteiger partial charge in [0.1, 0.15) is 11.6 Å². The number of aliphatic hydroxyl groups is 1. The molecule has 0 fully saturated rings. The fourth-order valence-corrected chi connectivity index (χ4v) is 1.79. The second-order valence-corrected chi connectivity index (χ2v) is 4.56. The van der Waals surface area contributed by atoms with Crippen LogP contribution >= 0.6 is 0 Å². The van der Waals surface area contributed by atoms with Gasteiger partial charge in [-0.1, -0.05) is 20.3 Å². The third-order valence-electron chi connectivity index (χ3n) is 2.73. The van der Waals surface area contributed by atoms with Gasteiger partial charge in [-0.15, -0.1) is 0 Å². The summed E-state index contributed by atoms with van der Waals surface area (Å²) in [7, 11) is 0. The van der Waals surface area contributed by atoms with E-state index in [-0.39, 0.29) is 5.82 Å². The maximum atomic E-state index is 13.1. The van der Waals surface area contributed by atoms with E-state index in [1.54, 1.807) is 13.0 Å². The van der Waals surface area contributed by atoms with Gasteiger partial charge in [-0.05, 0) is 31.4 Å². The molecule has 1 aromatic rings. The van der Waals surface area contributed by atoms with Crippen molar-refractivity contribution in [3.63, 3.8) is 0 Å². The summed E-state index contributed by atoms with van der Waals surface area (Å²) in [6.45, 7) is 6.43. The molecule has 0 aromatic heterocycles. The van der Waals surface area contributed by atoms with Crippen LogP contribution in [0.25, 0.3) is 0 Å². The lowest BCUT2D eigenvalue weighted by Crippen LogP contribution is -2.10. The number of rotatable bonds is 6. The first-order valence-electron chi connectivity index (χ1n) is 6.14. The van der Waals surface area contributed by atoms with E-state index in [2.05, 4.69) is 13.8 Å². The van der Waals surface area contributed by atoms with Gasteiger partial charge in [0.25, 0.3) is 0 Å². The van der Waals surface area contributed by atoms with Crippen molar-refractivity contribution >= 4 is 0 Å². The van der Waals surface area contributed by atoms with Gasteiger partial charge in [0.05, 0.1) is 12.7 Å². The summed E-state index contributed by atoms with van der Waals surface area (Å²) in [5.74, 6) is 0.542. The van der Waals surface area contributed by atoms with Crippen molar-refractivity contribution in [3.8, 4) is 5.75 Å². The molecule has 2 atom stereocenters. The van der Waals surface area contributed by atoms with E-state index in [1.807, 2.05) is 0 Å². The van der Waals surface area contributed by atoms with Crippen molar-refractivity contribution in [1.29, 1.82) is 0 Å². The lowest BCUT2D eigenvalue weighted by atomic mass is 10.1. The Bertz CT molecular complexity index is 350. The Morgan fingerprint density at radius 1 is 1.35 bits per heavy atom. The highest BCUT2D eigenvalue weighted by molar-refractivity contribution is 5.35. The van der Waals surface area contributed by atoms with Crippen molar-refractivity contribution in [2.24, 2.45) is 5.92 Å². The summed E-state index contributed by atoms with van der Waals surface area (Å²) in [5.41, 5.74) is 0.634. The van der Waals surface area contributed by atoms with Gasteiger partial charge in [-0.25, -0.2) is 4.39 Å². The minimum Gasteiger partial charge on any atom is -0.493 e. The van der Waals surface area contributed by atoms with Crippen LogP contribution in [0.4, 0.5) is 4.39 Å². The van der Waals surface area contributed by atoms with Crippen molar-refractivity contribution in [1.82, 2.24) is 0 Å². The van der Waals surface area contributed by atoms with E-state index >= 15 is 0 Å². The van der Waals surface area contributed by atoms with Gasteiger partial charge in [0.15, 0.2) is 0 Å². The molecular weight excluding hydrogens is 219 g/mol. The van der Waals surface area contributed by atoms with Crippen LogP contribution in [0.2, 0.25) is 0 Å². The number of benzene rings is 1. The number of ether oxygens (including phenoxy) is 1. The second-order valence-electron chi connectivity index (χ2n) is 4.56. The predicted molar refractivity (Wildman–Crippen MR) is 66.6 cm³/mol. The molecular formula is C14H21FO2. The Hall–Kier alpha value is -1.09. The summed E-state index contributed by atoms with van der Waals surface area (Å²) in [6.07, 6.45) is 1.54. The van der Waals surface area contributed by atoms with E-state index in [0.29, 0.717) is 23.8 Å². The third-order valence-corrected chi connectivity index (χ3v) is 2.73. The monoisotopic (exact) mass is 240 g/mol. The zero-order valence-corrected chi connectivity index (χ0v) is 10.7. The van der Waals surface area contributed by atoms with Crippen LogP contribution in [-0.4, -0.2) is 11.7 Å². The van der Waals surface area contributed by atoms with E-state index in [4.69, 9.17) is 4.74 Å². The molecule has 0 aliphatic heterocycles. The molecule has 0 bridgehead atoms. The van der Waals surface area contributed by atoms with E-state index in [1.165, 1.54) is 12.1 Å². The van der Waals surface area contributed by atoms with Gasteiger partial charge in [0, 0.05) is 11.6 Å². The molecule has 0 heterocycles. The predicted octanol–water partition coefficient (Wildman–Crippen LogP) is 3.69. The summed E-state index contributed by atoms with van der Waals surface area (Å²) < 4.78 is 18.7. The lowest BCUT2D eigenvalue weighted by Gasteiger charge is -2.16. The summed E-state index contributed by atoms with van der Waals surface area (Å²) in [6, 6.07) is 4.24. The summed E-state index contributed by atoms with van der Waals surface area (Å²) >= 11 is 0. The van der Waals surface area contributed by atoms with Crippen LogP contribution in [0.15, 0.2) is 18.2 Å². The molecule has 0 aliphatic rings. The largest absolute Gasteiger partial charge is 0.493 e. The Morgan fingerprint density at radius 2 is 2.06 bits per heavy atom. The molecule has 1 N–H and O–H groups in total. The zero-order valence-electron chi connectivity index (χ0n) is 10.7. The summed E-state index contributed by atoms with van der Waals surface area (Å²) in [5, 5.41) is 9.56. The van der Waals surface area contributed by atoms with Gasteiger partial charge >= 0.3 is 0 Å². The number of hydrogen-bond acceptors (Lipinski definition) is 2. The molecule has 0 radical (unpaired) electrons. The van der Waals surface area contributed by atoms with Gasteiger partial charge < -0.3 is 9.84 Å². The molecule has 17 heavy (non-hydrogen) atoms. The number of aliphatic hydroxyl groups excluding tert-OH is 1. The van der Waals surface area contributed by atoms with E-state index in [9.17, 15) is 9.50 Å². The minimum atomic E-state index is -0.646. The van der Waals surface area contributed by atoms with Gasteiger partial charge in [0.2, 0.25) is 0 Å². The minimum absolute atomic E-state index is 0.340. The molecule has 1 unspecified atom stereocenters. The average molecular weight is 240 g/mol. The highest BCUT2D eigenvalue weighted by Crippen LogP contribution is 2.26. The zero-order chi connectivity index (χ0) is 12.8. The first-order valence-corrected chi connectivity index (χ1v) is 6.14. The van der Waals surface area contributed by atoms with Crippen molar-refractivity contribution in [2.45, 2.75) is 39.7 Å². The van der Waals surface area contributed by atoms with Gasteiger partial charge in [-0.2, -0.15) is 0 Å². The van der Waals surface area contributed by atoms with Crippen LogP contribution in [0, 0.1) is 11.7 Å². The SMILES string of the molecule is CCCC(C)COc1cc(F)ccc1[C@@H](C)O. The van der Waals surface area contributed by atoms with Crippen molar-refractivity contribution in [2.75, 3.05) is 6.61 Å². The first-order chi connectivity index (χ1) is 8.04. The fourth-order valence-electron chi connectivity index (χ4n) is 1.79. The molecule has 3 heteroatoms. The molecule has 0 saturated heterocycles. The topological polar surface area (TPSA) is 29.5 Å². The Labute approximate surface area is 102 Å². The van der Waals surface area contributed by atoms with Gasteiger partial charge in [-0.3, -0.25) is 0 Å². The van der Waals surface area contributed by atoms with Crippen molar-refractivity contribution < 1.29 is 14.2 Å². The quantitative estimate of drug-likeness (QED) is 0.821. The second kappa shape index (κ2) is 6.60. The maximum absolute atomic E-state index is 13.1. The van der Waals surface area contributed by atoms with Crippen LogP contribution in [-0.2, 0) is 0 Å². The lowest BCUT2D eigenvalue weighted by molar-refractivity contribution is 0.186. The molecule has 0 aliphatic carbocycles. The highest BCUT2D eigenvalue weighted by Gasteiger charge is 2.11. The number of halogens is 1. The Balaban J connectivity index is 2.71. The molecule has 0 amide bonds. The molecule has 1 rings (SSSR count). The normalized spacial score (nSPS) is 14.4. The van der Waals surface area contributed by atoms with Crippen LogP contribution in [0.3, 0.4) is 0 Å². The Morgan fingerprint density at radius 3 is 2.65 bits per heavy atom. The third kappa shape index (κ3) is 4.35. The molecule has 2 nitrogen and oxygen atoms in total. The fraction of sp³-hybridized carbons (Fsp3) is 0.571. The molecule has 1 aromatic carbocycles. The van der Waals surface area contributed by atoms with E-state index < -0.39 is 6.10 Å². The van der Waals surface area contributed by atoms with E-state index in [0.717, 1.165) is 12.8 Å². The first kappa shape index (κ1) is 14.0. The van der Waals surface area contributed by atoms with Crippen LogP contribution in [0.1, 0.15) is 45.3 Å².